The summed E-state index contributed by atoms with van der Waals surface area (Å²) in [5.41, 5.74) is 0.886. The Morgan fingerprint density at radius 3 is 2.61 bits per heavy atom. The Bertz CT molecular complexity index is 475. The number of aryl methyl sites for hydroxylation is 2. The van der Waals surface area contributed by atoms with E-state index in [2.05, 4.69) is 5.16 Å². The molecule has 1 aromatic rings. The molecule has 6 nitrogen and oxygen atoms in total. The van der Waals surface area contributed by atoms with Crippen molar-refractivity contribution in [2.24, 2.45) is 5.92 Å². The molecule has 1 aliphatic heterocycles. The number of hydrogen-bond donors (Lipinski definition) is 1. The Balaban J connectivity index is 2.32. The van der Waals surface area contributed by atoms with Crippen molar-refractivity contribution in [3.63, 3.8) is 0 Å². The van der Waals surface area contributed by atoms with Crippen LogP contribution in [-0.2, 0) is 4.79 Å². The summed E-state index contributed by atoms with van der Waals surface area (Å²) in [6.07, 6.45) is 0.700. The molecule has 1 aliphatic rings. The number of aromatic nitrogens is 1. The third kappa shape index (κ3) is 1.87. The monoisotopic (exact) mass is 252 g/mol. The van der Waals surface area contributed by atoms with E-state index in [1.54, 1.807) is 13.8 Å². The van der Waals surface area contributed by atoms with Crippen LogP contribution in [-0.4, -0.2) is 39.6 Å². The van der Waals surface area contributed by atoms with Gasteiger partial charge >= 0.3 is 5.97 Å². The fraction of sp³-hybridized carbons (Fsp3) is 0.583. The van der Waals surface area contributed by atoms with E-state index in [1.165, 1.54) is 4.90 Å². The van der Waals surface area contributed by atoms with E-state index in [0.29, 0.717) is 30.0 Å². The summed E-state index contributed by atoms with van der Waals surface area (Å²) in [6.45, 7) is 5.64. The van der Waals surface area contributed by atoms with E-state index in [-0.39, 0.29) is 11.8 Å². The predicted molar refractivity (Wildman–Crippen MR) is 62.2 cm³/mol. The Hall–Kier alpha value is -1.85. The van der Waals surface area contributed by atoms with Crippen LogP contribution in [0.25, 0.3) is 0 Å². The van der Waals surface area contributed by atoms with Gasteiger partial charge in [-0.3, -0.25) is 4.79 Å². The second-order valence-corrected chi connectivity index (χ2v) is 4.75. The molecule has 18 heavy (non-hydrogen) atoms. The number of carbonyl (C=O) groups is 2. The van der Waals surface area contributed by atoms with Gasteiger partial charge in [-0.25, -0.2) is 4.79 Å². The zero-order valence-electron chi connectivity index (χ0n) is 10.6. The standard InChI is InChI=1S/C12H16N2O4/c1-6-4-5-14(10(6)12(16)17)11(15)9-7(2)13-18-8(9)3/h6,10H,4-5H2,1-3H3,(H,16,17). The molecule has 2 atom stereocenters. The fourth-order valence-corrected chi connectivity index (χ4v) is 2.48. The molecule has 0 spiro atoms. The van der Waals surface area contributed by atoms with Gasteiger partial charge in [0, 0.05) is 6.54 Å². The molecule has 1 amide bonds. The van der Waals surface area contributed by atoms with Gasteiger partial charge in [0.2, 0.25) is 0 Å². The second kappa shape index (κ2) is 4.44. The van der Waals surface area contributed by atoms with Gasteiger partial charge in [-0.1, -0.05) is 12.1 Å². The molecule has 6 heteroatoms. The first kappa shape index (κ1) is 12.6. The van der Waals surface area contributed by atoms with Crippen molar-refractivity contribution >= 4 is 11.9 Å². The van der Waals surface area contributed by atoms with Gasteiger partial charge in [-0.05, 0) is 26.2 Å². The van der Waals surface area contributed by atoms with Crippen molar-refractivity contribution < 1.29 is 19.2 Å². The van der Waals surface area contributed by atoms with Crippen molar-refractivity contribution in [2.75, 3.05) is 6.54 Å². The summed E-state index contributed by atoms with van der Waals surface area (Å²) in [6, 6.07) is -0.758. The van der Waals surface area contributed by atoms with Crippen LogP contribution < -0.4 is 0 Å². The van der Waals surface area contributed by atoms with E-state index < -0.39 is 12.0 Å². The number of hydrogen-bond acceptors (Lipinski definition) is 4. The number of amides is 1. The molecule has 1 aromatic heterocycles. The summed E-state index contributed by atoms with van der Waals surface area (Å²) in [5.74, 6) is -0.865. The minimum absolute atomic E-state index is 0.0353. The maximum absolute atomic E-state index is 12.4. The zero-order valence-corrected chi connectivity index (χ0v) is 10.6. The van der Waals surface area contributed by atoms with E-state index in [1.807, 2.05) is 6.92 Å². The maximum atomic E-state index is 12.4. The molecule has 0 aliphatic carbocycles. The van der Waals surface area contributed by atoms with Crippen LogP contribution in [0.2, 0.25) is 0 Å². The van der Waals surface area contributed by atoms with Crippen LogP contribution in [0.3, 0.4) is 0 Å². The molecule has 1 fully saturated rings. The van der Waals surface area contributed by atoms with Crippen LogP contribution in [0.1, 0.15) is 35.2 Å². The molecular weight excluding hydrogens is 236 g/mol. The van der Waals surface area contributed by atoms with Crippen LogP contribution >= 0.6 is 0 Å². The summed E-state index contributed by atoms with van der Waals surface area (Å²) < 4.78 is 4.95. The van der Waals surface area contributed by atoms with Crippen LogP contribution in [0.15, 0.2) is 4.52 Å². The lowest BCUT2D eigenvalue weighted by Gasteiger charge is -2.23. The summed E-state index contributed by atoms with van der Waals surface area (Å²) in [5, 5.41) is 12.9. The highest BCUT2D eigenvalue weighted by Crippen LogP contribution is 2.27. The highest BCUT2D eigenvalue weighted by Gasteiger charge is 2.41. The van der Waals surface area contributed by atoms with E-state index >= 15 is 0 Å². The molecule has 1 saturated heterocycles. The normalized spacial score (nSPS) is 23.4. The lowest BCUT2D eigenvalue weighted by Crippen LogP contribution is -2.43. The first-order chi connectivity index (χ1) is 8.43. The lowest BCUT2D eigenvalue weighted by atomic mass is 10.0. The molecule has 0 saturated carbocycles. The number of likely N-dealkylation sites (tertiary alicyclic amines) is 1. The van der Waals surface area contributed by atoms with Crippen LogP contribution in [0.5, 0.6) is 0 Å². The summed E-state index contributed by atoms with van der Waals surface area (Å²) >= 11 is 0. The third-order valence-electron chi connectivity index (χ3n) is 3.46. The highest BCUT2D eigenvalue weighted by atomic mass is 16.5. The van der Waals surface area contributed by atoms with Gasteiger partial charge in [-0.15, -0.1) is 0 Å². The first-order valence-corrected chi connectivity index (χ1v) is 5.90. The molecule has 0 bridgehead atoms. The molecule has 0 aromatic carbocycles. The predicted octanol–water partition coefficient (Wildman–Crippen LogP) is 1.23. The Morgan fingerprint density at radius 1 is 1.44 bits per heavy atom. The molecule has 2 heterocycles. The van der Waals surface area contributed by atoms with Crippen LogP contribution in [0, 0.1) is 19.8 Å². The summed E-state index contributed by atoms with van der Waals surface area (Å²) in [7, 11) is 0. The largest absolute Gasteiger partial charge is 0.480 e. The van der Waals surface area contributed by atoms with E-state index in [0.717, 1.165) is 0 Å². The van der Waals surface area contributed by atoms with Crippen LogP contribution in [0.4, 0.5) is 0 Å². The number of carboxylic acids is 1. The number of rotatable bonds is 2. The van der Waals surface area contributed by atoms with Gasteiger partial charge in [0.05, 0.1) is 5.69 Å². The number of carboxylic acid groups (broad SMARTS) is 1. The van der Waals surface area contributed by atoms with Crippen molar-refractivity contribution in [3.05, 3.63) is 17.0 Å². The van der Waals surface area contributed by atoms with E-state index in [4.69, 9.17) is 4.52 Å². The Labute approximate surface area is 105 Å². The smallest absolute Gasteiger partial charge is 0.326 e. The molecule has 0 radical (unpaired) electrons. The number of aliphatic carboxylic acids is 1. The quantitative estimate of drug-likeness (QED) is 0.855. The van der Waals surface area contributed by atoms with Gasteiger partial charge in [0.15, 0.2) is 0 Å². The Morgan fingerprint density at radius 2 is 2.11 bits per heavy atom. The van der Waals surface area contributed by atoms with Gasteiger partial charge < -0.3 is 14.5 Å². The fourth-order valence-electron chi connectivity index (χ4n) is 2.48. The molecule has 1 N–H and O–H groups in total. The number of nitrogens with zero attached hydrogens (tertiary/aromatic N) is 2. The minimum Gasteiger partial charge on any atom is -0.480 e. The van der Waals surface area contributed by atoms with Gasteiger partial charge in [-0.2, -0.15) is 0 Å². The first-order valence-electron chi connectivity index (χ1n) is 5.90. The zero-order chi connectivity index (χ0) is 13.4. The van der Waals surface area contributed by atoms with Crippen molar-refractivity contribution in [2.45, 2.75) is 33.2 Å². The third-order valence-corrected chi connectivity index (χ3v) is 3.46. The number of carbonyl (C=O) groups excluding carboxylic acids is 1. The lowest BCUT2D eigenvalue weighted by molar-refractivity contribution is -0.142. The minimum atomic E-state index is -0.958. The van der Waals surface area contributed by atoms with E-state index in [9.17, 15) is 14.7 Å². The molecule has 98 valence electrons. The SMILES string of the molecule is Cc1noc(C)c1C(=O)N1CCC(C)C1C(=O)O. The van der Waals surface area contributed by atoms with Crippen molar-refractivity contribution in [1.29, 1.82) is 0 Å². The Kier molecular flexibility index (Phi) is 3.11. The molecule has 2 unspecified atom stereocenters. The highest BCUT2D eigenvalue weighted by molar-refractivity contribution is 5.98. The van der Waals surface area contributed by atoms with Crippen molar-refractivity contribution in [1.82, 2.24) is 10.1 Å². The average molecular weight is 252 g/mol. The maximum Gasteiger partial charge on any atom is 0.326 e. The molecular formula is C12H16N2O4. The molecule has 2 rings (SSSR count). The second-order valence-electron chi connectivity index (χ2n) is 4.75. The summed E-state index contributed by atoms with van der Waals surface area (Å²) in [4.78, 5) is 25.0. The van der Waals surface area contributed by atoms with Gasteiger partial charge in [0.1, 0.15) is 17.4 Å². The average Bonchev–Trinajstić information content (AvgIpc) is 2.82. The van der Waals surface area contributed by atoms with Gasteiger partial charge in [0.25, 0.3) is 5.91 Å². The topological polar surface area (TPSA) is 83.6 Å². The van der Waals surface area contributed by atoms with Crippen molar-refractivity contribution in [3.8, 4) is 0 Å².